The van der Waals surface area contributed by atoms with Crippen LogP contribution in [0.2, 0.25) is 0 Å². The summed E-state index contributed by atoms with van der Waals surface area (Å²) in [4.78, 5) is 25.8. The van der Waals surface area contributed by atoms with Gasteiger partial charge in [-0.1, -0.05) is 212 Å². The molecule has 9 aromatic carbocycles. The summed E-state index contributed by atoms with van der Waals surface area (Å²) < 4.78 is 0. The number of fused-ring (bicyclic) bond motifs is 10. The fourth-order valence-corrected chi connectivity index (χ4v) is 10.3. The van der Waals surface area contributed by atoms with E-state index >= 15 is 0 Å². The predicted octanol–water partition coefficient (Wildman–Crippen LogP) is 14.7. The zero-order valence-corrected chi connectivity index (χ0v) is 36.3. The smallest absolute Gasteiger partial charge is 0.164 e. The van der Waals surface area contributed by atoms with E-state index in [9.17, 15) is 0 Å². The van der Waals surface area contributed by atoms with Gasteiger partial charge in [-0.3, -0.25) is 0 Å². The molecule has 2 heterocycles. The lowest BCUT2D eigenvalue weighted by atomic mass is 9.70. The summed E-state index contributed by atoms with van der Waals surface area (Å²) in [6.07, 6.45) is 0. The molecule has 2 aliphatic rings. The highest BCUT2D eigenvalue weighted by molar-refractivity contribution is 5.96. The fourth-order valence-electron chi connectivity index (χ4n) is 10.3. The Hall–Kier alpha value is -8.93. The Kier molecular flexibility index (Phi) is 9.00. The first-order valence-corrected chi connectivity index (χ1v) is 22.7. The summed E-state index contributed by atoms with van der Waals surface area (Å²) in [6, 6.07) is 83.3. The van der Waals surface area contributed by atoms with E-state index in [0.717, 1.165) is 55.9 Å². The average Bonchev–Trinajstić information content (AvgIpc) is 3.88. The molecule has 2 aromatic heterocycles. The van der Waals surface area contributed by atoms with Crippen LogP contribution in [0.25, 0.3) is 101 Å². The fraction of sp³-hybridized carbons (Fsp3) is 0.0161. The molecule has 0 atom stereocenters. The zero-order valence-electron chi connectivity index (χ0n) is 36.3. The largest absolute Gasteiger partial charge is 0.228 e. The molecule has 1 spiro atoms. The van der Waals surface area contributed by atoms with Crippen molar-refractivity contribution in [1.82, 2.24) is 24.9 Å². The van der Waals surface area contributed by atoms with E-state index in [0.29, 0.717) is 23.3 Å². The van der Waals surface area contributed by atoms with Crippen molar-refractivity contribution in [2.24, 2.45) is 0 Å². The van der Waals surface area contributed by atoms with Crippen LogP contribution < -0.4 is 0 Å². The lowest BCUT2D eigenvalue weighted by Gasteiger charge is -2.30. The molecule has 2 aliphatic carbocycles. The van der Waals surface area contributed by atoms with Crippen molar-refractivity contribution in [3.05, 3.63) is 259 Å². The van der Waals surface area contributed by atoms with E-state index < -0.39 is 5.41 Å². The minimum absolute atomic E-state index is 0.478. The van der Waals surface area contributed by atoms with E-state index in [1.54, 1.807) is 0 Å². The highest BCUT2D eigenvalue weighted by Gasteiger charge is 2.51. The van der Waals surface area contributed by atoms with Crippen LogP contribution in [0.3, 0.4) is 0 Å². The summed E-state index contributed by atoms with van der Waals surface area (Å²) in [6.45, 7) is 0. The Morgan fingerprint density at radius 3 is 1.10 bits per heavy atom. The van der Waals surface area contributed by atoms with Crippen molar-refractivity contribution in [2.45, 2.75) is 5.41 Å². The normalized spacial score (nSPS) is 12.6. The zero-order chi connectivity index (χ0) is 44.3. The first-order valence-electron chi connectivity index (χ1n) is 22.7. The van der Waals surface area contributed by atoms with E-state index in [-0.39, 0.29) is 0 Å². The van der Waals surface area contributed by atoms with Crippen LogP contribution in [-0.4, -0.2) is 24.9 Å². The standard InChI is InChI=1S/C62H39N5/c1-4-18-40(19-5-1)56-39-57(64-58(63-56)41-20-6-2-7-21-41)45-26-16-24-43(36-45)44-25-17-27-46(37-44)60-65-59(42-22-8-3-9-23-42)66-61(67-60)47-34-35-51-50-30-12-15-33-54(50)62(55(51)38-47)52-31-13-10-28-48(52)49-29-11-14-32-53(49)62/h1-39H. The maximum Gasteiger partial charge on any atom is 0.164 e. The highest BCUT2D eigenvalue weighted by atomic mass is 15.0. The van der Waals surface area contributed by atoms with Gasteiger partial charge in [-0.15, -0.1) is 0 Å². The molecule has 0 bridgehead atoms. The lowest BCUT2D eigenvalue weighted by Crippen LogP contribution is -2.25. The van der Waals surface area contributed by atoms with Crippen LogP contribution >= 0.6 is 0 Å². The highest BCUT2D eigenvalue weighted by Crippen LogP contribution is 2.63. The monoisotopic (exact) mass is 853 g/mol. The number of hydrogen-bond acceptors (Lipinski definition) is 5. The molecule has 5 heteroatoms. The van der Waals surface area contributed by atoms with Gasteiger partial charge in [0.05, 0.1) is 16.8 Å². The molecule has 0 saturated carbocycles. The maximum atomic E-state index is 5.32. The van der Waals surface area contributed by atoms with Crippen molar-refractivity contribution >= 4 is 0 Å². The SMILES string of the molecule is c1ccc(-c2cc(-c3cccc(-c4cccc(-c5nc(-c6ccccc6)nc(-c6ccc7c(c6)C6(c8ccccc8-c8ccccc86)c6ccccc6-7)n5)c4)c3)nc(-c3ccccc3)n2)cc1. The molecular weight excluding hydrogens is 815 g/mol. The van der Waals surface area contributed by atoms with Crippen LogP contribution in [-0.2, 0) is 5.41 Å². The van der Waals surface area contributed by atoms with Gasteiger partial charge in [0.1, 0.15) is 0 Å². The topological polar surface area (TPSA) is 64.5 Å². The molecule has 0 aliphatic heterocycles. The molecule has 11 aromatic rings. The van der Waals surface area contributed by atoms with E-state index in [1.807, 2.05) is 54.6 Å². The third-order valence-electron chi connectivity index (χ3n) is 13.4. The van der Waals surface area contributed by atoms with Crippen LogP contribution in [0, 0.1) is 0 Å². The summed E-state index contributed by atoms with van der Waals surface area (Å²) in [5.74, 6) is 2.53. The first-order chi connectivity index (χ1) is 33.2. The van der Waals surface area contributed by atoms with Crippen LogP contribution in [0.15, 0.2) is 237 Å². The third kappa shape index (κ3) is 6.35. The number of benzene rings is 9. The molecular formula is C62H39N5. The van der Waals surface area contributed by atoms with Gasteiger partial charge < -0.3 is 0 Å². The quantitative estimate of drug-likeness (QED) is 0.160. The van der Waals surface area contributed by atoms with Crippen molar-refractivity contribution in [3.8, 4) is 101 Å². The Labute approximate surface area is 388 Å². The van der Waals surface area contributed by atoms with Gasteiger partial charge in [0, 0.05) is 33.4 Å². The summed E-state index contributed by atoms with van der Waals surface area (Å²) in [5, 5.41) is 0. The maximum absolute atomic E-state index is 5.32. The minimum Gasteiger partial charge on any atom is -0.228 e. The molecule has 67 heavy (non-hydrogen) atoms. The molecule has 0 radical (unpaired) electrons. The van der Waals surface area contributed by atoms with E-state index in [1.165, 1.54) is 44.5 Å². The molecule has 0 saturated heterocycles. The first kappa shape index (κ1) is 38.5. The second-order valence-corrected chi connectivity index (χ2v) is 17.2. The summed E-state index contributed by atoms with van der Waals surface area (Å²) in [7, 11) is 0. The van der Waals surface area contributed by atoms with Crippen molar-refractivity contribution in [3.63, 3.8) is 0 Å². The molecule has 0 unspecified atom stereocenters. The van der Waals surface area contributed by atoms with Crippen LogP contribution in [0.5, 0.6) is 0 Å². The van der Waals surface area contributed by atoms with Crippen molar-refractivity contribution in [2.75, 3.05) is 0 Å². The molecule has 312 valence electrons. The molecule has 0 amide bonds. The van der Waals surface area contributed by atoms with Crippen molar-refractivity contribution < 1.29 is 0 Å². The number of hydrogen-bond donors (Lipinski definition) is 0. The van der Waals surface area contributed by atoms with Crippen LogP contribution in [0.1, 0.15) is 22.3 Å². The number of aromatic nitrogens is 5. The molecule has 0 fully saturated rings. The van der Waals surface area contributed by atoms with Gasteiger partial charge in [-0.05, 0) is 79.9 Å². The predicted molar refractivity (Wildman–Crippen MR) is 270 cm³/mol. The molecule has 0 N–H and O–H groups in total. The van der Waals surface area contributed by atoms with Gasteiger partial charge >= 0.3 is 0 Å². The minimum atomic E-state index is -0.478. The summed E-state index contributed by atoms with van der Waals surface area (Å²) in [5.41, 5.74) is 19.3. The number of nitrogens with zero attached hydrogens (tertiary/aromatic N) is 5. The Morgan fingerprint density at radius 1 is 0.209 bits per heavy atom. The lowest BCUT2D eigenvalue weighted by molar-refractivity contribution is 0.794. The Balaban J connectivity index is 0.934. The van der Waals surface area contributed by atoms with Gasteiger partial charge in [-0.25, -0.2) is 24.9 Å². The Bertz CT molecular complexity index is 3580. The second-order valence-electron chi connectivity index (χ2n) is 17.2. The van der Waals surface area contributed by atoms with Gasteiger partial charge in [0.2, 0.25) is 0 Å². The second kappa shape index (κ2) is 15.7. The van der Waals surface area contributed by atoms with E-state index in [2.05, 4.69) is 182 Å². The van der Waals surface area contributed by atoms with Crippen molar-refractivity contribution in [1.29, 1.82) is 0 Å². The average molecular weight is 854 g/mol. The number of rotatable bonds is 7. The third-order valence-corrected chi connectivity index (χ3v) is 13.4. The van der Waals surface area contributed by atoms with Gasteiger partial charge in [0.15, 0.2) is 23.3 Å². The molecule has 13 rings (SSSR count). The van der Waals surface area contributed by atoms with Gasteiger partial charge in [-0.2, -0.15) is 0 Å². The van der Waals surface area contributed by atoms with E-state index in [4.69, 9.17) is 24.9 Å². The van der Waals surface area contributed by atoms with Gasteiger partial charge in [0.25, 0.3) is 0 Å². The summed E-state index contributed by atoms with van der Waals surface area (Å²) >= 11 is 0. The molecule has 5 nitrogen and oxygen atoms in total. The Morgan fingerprint density at radius 2 is 0.567 bits per heavy atom. The van der Waals surface area contributed by atoms with Crippen LogP contribution in [0.4, 0.5) is 0 Å².